The van der Waals surface area contributed by atoms with Crippen molar-refractivity contribution in [2.75, 3.05) is 6.61 Å². The van der Waals surface area contributed by atoms with Crippen LogP contribution in [0, 0.1) is 0 Å². The average Bonchev–Trinajstić information content (AvgIpc) is 2.52. The maximum absolute atomic E-state index is 5.69. The van der Waals surface area contributed by atoms with E-state index in [1.807, 2.05) is 36.4 Å². The van der Waals surface area contributed by atoms with Crippen LogP contribution in [-0.2, 0) is 6.42 Å². The zero-order chi connectivity index (χ0) is 14.0. The van der Waals surface area contributed by atoms with E-state index in [4.69, 9.17) is 10.6 Å². The van der Waals surface area contributed by atoms with E-state index >= 15 is 0 Å². The van der Waals surface area contributed by atoms with Crippen LogP contribution < -0.4 is 16.0 Å². The van der Waals surface area contributed by atoms with E-state index in [1.165, 1.54) is 5.56 Å². The lowest BCUT2D eigenvalue weighted by molar-refractivity contribution is 0.281. The first kappa shape index (κ1) is 14.6. The van der Waals surface area contributed by atoms with Gasteiger partial charge in [0.25, 0.3) is 0 Å². The minimum atomic E-state index is 0.277. The zero-order valence-electron chi connectivity index (χ0n) is 11.7. The van der Waals surface area contributed by atoms with Gasteiger partial charge in [0.05, 0.1) is 6.61 Å². The van der Waals surface area contributed by atoms with Crippen molar-refractivity contribution in [3.63, 3.8) is 0 Å². The van der Waals surface area contributed by atoms with Gasteiger partial charge < -0.3 is 4.74 Å². The summed E-state index contributed by atoms with van der Waals surface area (Å²) in [6.07, 6.45) is 2.94. The number of rotatable bonds is 8. The number of nitrogens with one attached hydrogen (secondary N) is 1. The number of hydrogen-bond donors (Lipinski definition) is 2. The van der Waals surface area contributed by atoms with Gasteiger partial charge in [-0.2, -0.15) is 0 Å². The van der Waals surface area contributed by atoms with Crippen molar-refractivity contribution in [2.45, 2.75) is 25.3 Å². The summed E-state index contributed by atoms with van der Waals surface area (Å²) in [7, 11) is 0. The fraction of sp³-hybridized carbons (Fsp3) is 0.294. The molecule has 0 saturated heterocycles. The summed E-state index contributed by atoms with van der Waals surface area (Å²) in [5, 5.41) is 0. The van der Waals surface area contributed by atoms with Gasteiger partial charge in [0.15, 0.2) is 0 Å². The number of hydrogen-bond acceptors (Lipinski definition) is 3. The van der Waals surface area contributed by atoms with Crippen LogP contribution in [0.1, 0.15) is 18.4 Å². The predicted octanol–water partition coefficient (Wildman–Crippen LogP) is 2.92. The van der Waals surface area contributed by atoms with Crippen LogP contribution >= 0.6 is 0 Å². The Morgan fingerprint density at radius 2 is 1.55 bits per heavy atom. The maximum atomic E-state index is 5.69. The Morgan fingerprint density at radius 1 is 0.900 bits per heavy atom. The third kappa shape index (κ3) is 5.03. The third-order valence-corrected chi connectivity index (χ3v) is 3.34. The molecule has 0 radical (unpaired) electrons. The van der Waals surface area contributed by atoms with E-state index in [2.05, 4.69) is 29.7 Å². The molecule has 2 rings (SSSR count). The molecule has 0 amide bonds. The smallest absolute Gasteiger partial charge is 0.119 e. The number of benzene rings is 2. The summed E-state index contributed by atoms with van der Waals surface area (Å²) in [6, 6.07) is 20.6. The number of hydrazine groups is 1. The van der Waals surface area contributed by atoms with Crippen molar-refractivity contribution in [1.29, 1.82) is 0 Å². The Morgan fingerprint density at radius 3 is 2.20 bits per heavy atom. The number of para-hydroxylation sites is 1. The van der Waals surface area contributed by atoms with Gasteiger partial charge in [0, 0.05) is 6.04 Å². The SMILES string of the molecule is NNC(CCOc1ccccc1)CCc1ccccc1. The second kappa shape index (κ2) is 8.35. The molecule has 0 aromatic heterocycles. The van der Waals surface area contributed by atoms with Gasteiger partial charge in [-0.15, -0.1) is 0 Å². The lowest BCUT2D eigenvalue weighted by atomic mass is 10.0. The molecule has 0 saturated carbocycles. The van der Waals surface area contributed by atoms with Gasteiger partial charge in [0.1, 0.15) is 5.75 Å². The predicted molar refractivity (Wildman–Crippen MR) is 82.4 cm³/mol. The van der Waals surface area contributed by atoms with Gasteiger partial charge in [-0.25, -0.2) is 0 Å². The van der Waals surface area contributed by atoms with Crippen molar-refractivity contribution in [2.24, 2.45) is 5.84 Å². The number of ether oxygens (including phenoxy) is 1. The van der Waals surface area contributed by atoms with Crippen LogP contribution in [0.15, 0.2) is 60.7 Å². The first-order valence-electron chi connectivity index (χ1n) is 7.06. The quantitative estimate of drug-likeness (QED) is 0.573. The van der Waals surface area contributed by atoms with Crippen molar-refractivity contribution >= 4 is 0 Å². The van der Waals surface area contributed by atoms with Gasteiger partial charge in [-0.1, -0.05) is 48.5 Å². The van der Waals surface area contributed by atoms with Gasteiger partial charge >= 0.3 is 0 Å². The molecule has 2 aromatic carbocycles. The molecule has 1 unspecified atom stereocenters. The molecule has 3 heteroatoms. The molecule has 0 bridgehead atoms. The maximum Gasteiger partial charge on any atom is 0.119 e. The van der Waals surface area contributed by atoms with Crippen molar-refractivity contribution in [3.8, 4) is 5.75 Å². The Bertz CT molecular complexity index is 473. The molecule has 106 valence electrons. The molecule has 0 spiro atoms. The lowest BCUT2D eigenvalue weighted by Gasteiger charge is -2.16. The standard InChI is InChI=1S/C17H22N2O/c18-19-16(12-11-15-7-3-1-4-8-15)13-14-20-17-9-5-2-6-10-17/h1-10,16,19H,11-14,18H2. The fourth-order valence-corrected chi connectivity index (χ4v) is 2.13. The summed E-state index contributed by atoms with van der Waals surface area (Å²) >= 11 is 0. The van der Waals surface area contributed by atoms with Crippen LogP contribution in [0.4, 0.5) is 0 Å². The monoisotopic (exact) mass is 270 g/mol. The molecule has 0 heterocycles. The summed E-state index contributed by atoms with van der Waals surface area (Å²) in [5.74, 6) is 6.52. The highest BCUT2D eigenvalue weighted by molar-refractivity contribution is 5.20. The summed E-state index contributed by atoms with van der Waals surface area (Å²) in [5.41, 5.74) is 4.22. The highest BCUT2D eigenvalue weighted by Crippen LogP contribution is 2.11. The molecular formula is C17H22N2O. The van der Waals surface area contributed by atoms with Crippen LogP contribution in [-0.4, -0.2) is 12.6 Å². The molecule has 1 atom stereocenters. The Kier molecular flexibility index (Phi) is 6.08. The molecule has 20 heavy (non-hydrogen) atoms. The third-order valence-electron chi connectivity index (χ3n) is 3.34. The van der Waals surface area contributed by atoms with Crippen molar-refractivity contribution < 1.29 is 4.74 Å². The average molecular weight is 270 g/mol. The first-order chi connectivity index (χ1) is 9.88. The highest BCUT2D eigenvalue weighted by atomic mass is 16.5. The second-order valence-electron chi connectivity index (χ2n) is 4.84. The van der Waals surface area contributed by atoms with Crippen LogP contribution in [0.2, 0.25) is 0 Å². The van der Waals surface area contributed by atoms with E-state index in [0.29, 0.717) is 6.61 Å². The van der Waals surface area contributed by atoms with Gasteiger partial charge in [-0.3, -0.25) is 11.3 Å². The zero-order valence-corrected chi connectivity index (χ0v) is 11.7. The van der Waals surface area contributed by atoms with E-state index < -0.39 is 0 Å². The lowest BCUT2D eigenvalue weighted by Crippen LogP contribution is -2.36. The summed E-state index contributed by atoms with van der Waals surface area (Å²) in [4.78, 5) is 0. The molecule has 3 nitrogen and oxygen atoms in total. The molecular weight excluding hydrogens is 248 g/mol. The topological polar surface area (TPSA) is 47.3 Å². The largest absolute Gasteiger partial charge is 0.494 e. The Balaban J connectivity index is 1.70. The van der Waals surface area contributed by atoms with Crippen molar-refractivity contribution in [3.05, 3.63) is 66.2 Å². The molecule has 0 fully saturated rings. The van der Waals surface area contributed by atoms with E-state index in [-0.39, 0.29) is 6.04 Å². The van der Waals surface area contributed by atoms with Crippen LogP contribution in [0.3, 0.4) is 0 Å². The summed E-state index contributed by atoms with van der Waals surface area (Å²) < 4.78 is 5.69. The number of nitrogens with two attached hydrogens (primary N) is 1. The molecule has 0 aliphatic rings. The fourth-order valence-electron chi connectivity index (χ4n) is 2.13. The van der Waals surface area contributed by atoms with Crippen molar-refractivity contribution in [1.82, 2.24) is 5.43 Å². The highest BCUT2D eigenvalue weighted by Gasteiger charge is 2.07. The van der Waals surface area contributed by atoms with E-state index in [9.17, 15) is 0 Å². The molecule has 3 N–H and O–H groups in total. The molecule has 0 aliphatic heterocycles. The van der Waals surface area contributed by atoms with Gasteiger partial charge in [0.2, 0.25) is 0 Å². The Labute approximate surface area is 120 Å². The first-order valence-corrected chi connectivity index (χ1v) is 7.06. The van der Waals surface area contributed by atoms with E-state index in [1.54, 1.807) is 0 Å². The molecule has 0 aliphatic carbocycles. The summed E-state index contributed by atoms with van der Waals surface area (Å²) in [6.45, 7) is 0.674. The minimum absolute atomic E-state index is 0.277. The second-order valence-corrected chi connectivity index (χ2v) is 4.84. The molecule has 2 aromatic rings. The van der Waals surface area contributed by atoms with E-state index in [0.717, 1.165) is 25.0 Å². The Hall–Kier alpha value is -1.84. The number of aryl methyl sites for hydroxylation is 1. The van der Waals surface area contributed by atoms with Gasteiger partial charge in [-0.05, 0) is 37.0 Å². The van der Waals surface area contributed by atoms with Crippen LogP contribution in [0.5, 0.6) is 5.75 Å². The van der Waals surface area contributed by atoms with Crippen LogP contribution in [0.25, 0.3) is 0 Å². The minimum Gasteiger partial charge on any atom is -0.494 e. The normalized spacial score (nSPS) is 12.1.